The predicted molar refractivity (Wildman–Crippen MR) is 86.2 cm³/mol. The zero-order valence-corrected chi connectivity index (χ0v) is 13.8. The Labute approximate surface area is 137 Å². The van der Waals surface area contributed by atoms with E-state index in [2.05, 4.69) is 23.4 Å². The van der Waals surface area contributed by atoms with Crippen molar-refractivity contribution in [1.82, 2.24) is 14.5 Å². The lowest BCUT2D eigenvalue weighted by molar-refractivity contribution is -0.141. The van der Waals surface area contributed by atoms with Crippen LogP contribution in [-0.2, 0) is 22.6 Å². The number of fused-ring (bicyclic) bond motifs is 2. The molecule has 0 aliphatic carbocycles. The summed E-state index contributed by atoms with van der Waals surface area (Å²) in [4.78, 5) is 29.2. The maximum absolute atomic E-state index is 12.2. The van der Waals surface area contributed by atoms with Crippen molar-refractivity contribution in [2.75, 3.05) is 0 Å². The molecule has 4 rings (SSSR count). The van der Waals surface area contributed by atoms with Crippen LogP contribution in [0.3, 0.4) is 0 Å². The van der Waals surface area contributed by atoms with Crippen molar-refractivity contribution in [3.05, 3.63) is 34.4 Å². The molecule has 0 bridgehead atoms. The largest absolute Gasteiger partial charge is 0.477 e. The number of aromatic nitrogens is 2. The van der Waals surface area contributed by atoms with E-state index in [1.165, 1.54) is 22.1 Å². The van der Waals surface area contributed by atoms with E-state index in [-0.39, 0.29) is 22.4 Å². The third-order valence-corrected chi connectivity index (χ3v) is 5.64. The number of hydrogen-bond donors (Lipinski definition) is 1. The van der Waals surface area contributed by atoms with Crippen LogP contribution < -0.4 is 0 Å². The topological polar surface area (TPSA) is 75.4 Å². The molecule has 120 valence electrons. The first kappa shape index (κ1) is 14.6. The van der Waals surface area contributed by atoms with Crippen LogP contribution in [0.25, 0.3) is 6.08 Å². The molecular weight excluding hydrogens is 314 g/mol. The third-order valence-electron chi connectivity index (χ3n) is 4.56. The maximum Gasteiger partial charge on any atom is 0.353 e. The van der Waals surface area contributed by atoms with E-state index in [0.29, 0.717) is 5.57 Å². The Hall–Kier alpha value is -2.02. The fourth-order valence-electron chi connectivity index (χ4n) is 3.30. The number of imidazole rings is 1. The highest BCUT2D eigenvalue weighted by molar-refractivity contribution is 8.03. The van der Waals surface area contributed by atoms with Gasteiger partial charge in [0.05, 0.1) is 11.3 Å². The number of aliphatic carboxylic acids is 1. The van der Waals surface area contributed by atoms with Crippen molar-refractivity contribution in [2.24, 2.45) is 5.41 Å². The van der Waals surface area contributed by atoms with Crippen LogP contribution in [0, 0.1) is 5.41 Å². The zero-order valence-electron chi connectivity index (χ0n) is 12.9. The molecule has 0 spiro atoms. The molecule has 0 radical (unpaired) electrons. The second-order valence-corrected chi connectivity index (χ2v) is 7.90. The van der Waals surface area contributed by atoms with Crippen molar-refractivity contribution >= 4 is 29.7 Å². The Kier molecular flexibility index (Phi) is 3.00. The summed E-state index contributed by atoms with van der Waals surface area (Å²) in [5.74, 6) is -0.240. The average molecular weight is 331 g/mol. The first-order valence-corrected chi connectivity index (χ1v) is 8.50. The minimum absolute atomic E-state index is 0.0630. The van der Waals surface area contributed by atoms with Gasteiger partial charge in [0.2, 0.25) is 0 Å². The smallest absolute Gasteiger partial charge is 0.353 e. The summed E-state index contributed by atoms with van der Waals surface area (Å²) in [6, 6.07) is 0. The minimum Gasteiger partial charge on any atom is -0.477 e. The molecule has 1 amide bonds. The summed E-state index contributed by atoms with van der Waals surface area (Å²) in [6.07, 6.45) is 5.84. The highest BCUT2D eigenvalue weighted by Gasteiger charge is 2.49. The second kappa shape index (κ2) is 4.74. The van der Waals surface area contributed by atoms with Gasteiger partial charge in [-0.25, -0.2) is 9.78 Å². The van der Waals surface area contributed by atoms with Gasteiger partial charge in [-0.05, 0) is 17.9 Å². The Bertz CT molecular complexity index is 790. The standard InChI is InChI=1S/C16H17N3O3S/c1-16(2)4-3-12-17-9(6-18(12)8-16)5-10-13(20)19-11(15(21)22)7-23-14(10)19/h5-7,14H,3-4,8H2,1-2H3,(H,21,22)/b10-5-. The Morgan fingerprint density at radius 2 is 2.30 bits per heavy atom. The lowest BCUT2D eigenvalue weighted by Gasteiger charge is -2.36. The van der Waals surface area contributed by atoms with E-state index in [4.69, 9.17) is 5.11 Å². The summed E-state index contributed by atoms with van der Waals surface area (Å²) < 4.78 is 2.17. The zero-order chi connectivity index (χ0) is 16.4. The van der Waals surface area contributed by atoms with Gasteiger partial charge in [0.1, 0.15) is 16.9 Å². The lowest BCUT2D eigenvalue weighted by Crippen LogP contribution is -2.51. The molecule has 1 saturated heterocycles. The predicted octanol–water partition coefficient (Wildman–Crippen LogP) is 2.08. The summed E-state index contributed by atoms with van der Waals surface area (Å²) in [6.45, 7) is 5.42. The van der Waals surface area contributed by atoms with Crippen LogP contribution in [0.5, 0.6) is 0 Å². The van der Waals surface area contributed by atoms with E-state index in [1.54, 1.807) is 6.08 Å². The molecule has 6 nitrogen and oxygen atoms in total. The number of β-lactam (4-membered cyclic amide) rings is 1. The van der Waals surface area contributed by atoms with Gasteiger partial charge in [-0.15, -0.1) is 11.8 Å². The van der Waals surface area contributed by atoms with Crippen LogP contribution in [-0.4, -0.2) is 36.8 Å². The molecule has 0 saturated carbocycles. The van der Waals surface area contributed by atoms with E-state index >= 15 is 0 Å². The number of rotatable bonds is 2. The lowest BCUT2D eigenvalue weighted by atomic mass is 9.85. The number of thioether (sulfide) groups is 1. The number of carbonyl (C=O) groups excluding carboxylic acids is 1. The number of carboxylic acid groups (broad SMARTS) is 1. The maximum atomic E-state index is 12.2. The van der Waals surface area contributed by atoms with Crippen LogP contribution in [0.2, 0.25) is 0 Å². The molecule has 1 N–H and O–H groups in total. The third kappa shape index (κ3) is 2.22. The van der Waals surface area contributed by atoms with Gasteiger partial charge >= 0.3 is 5.97 Å². The number of amides is 1. The molecule has 0 aromatic carbocycles. The number of nitrogens with zero attached hydrogens (tertiary/aromatic N) is 3. The Morgan fingerprint density at radius 3 is 3.04 bits per heavy atom. The molecule has 3 aliphatic rings. The molecule has 23 heavy (non-hydrogen) atoms. The van der Waals surface area contributed by atoms with E-state index in [0.717, 1.165) is 30.9 Å². The molecule has 3 aliphatic heterocycles. The van der Waals surface area contributed by atoms with Gasteiger partial charge in [0, 0.05) is 24.6 Å². The molecule has 1 unspecified atom stereocenters. The summed E-state index contributed by atoms with van der Waals surface area (Å²) in [5, 5.41) is 10.4. The normalized spacial score (nSPS) is 26.6. The van der Waals surface area contributed by atoms with Crippen LogP contribution in [0.1, 0.15) is 31.8 Å². The fourth-order valence-corrected chi connectivity index (χ4v) is 4.42. The summed E-state index contributed by atoms with van der Waals surface area (Å²) in [7, 11) is 0. The van der Waals surface area contributed by atoms with Crippen molar-refractivity contribution in [2.45, 2.75) is 38.6 Å². The number of aryl methyl sites for hydroxylation is 1. The fraction of sp³-hybridized carbons (Fsp3) is 0.438. The van der Waals surface area contributed by atoms with Crippen molar-refractivity contribution < 1.29 is 14.7 Å². The SMILES string of the molecule is CC1(C)CCc2nc(/C=C3/C(=O)N4C(C(=O)O)=CSC34)cn2C1. The summed E-state index contributed by atoms with van der Waals surface area (Å²) in [5.41, 5.74) is 1.73. The Morgan fingerprint density at radius 1 is 1.52 bits per heavy atom. The molecule has 7 heteroatoms. The van der Waals surface area contributed by atoms with E-state index < -0.39 is 5.97 Å². The number of hydrogen-bond acceptors (Lipinski definition) is 4. The minimum atomic E-state index is -1.06. The first-order valence-electron chi connectivity index (χ1n) is 7.56. The molecule has 1 aromatic rings. The highest BCUT2D eigenvalue weighted by atomic mass is 32.2. The van der Waals surface area contributed by atoms with Gasteiger partial charge < -0.3 is 9.67 Å². The van der Waals surface area contributed by atoms with E-state index in [9.17, 15) is 9.59 Å². The summed E-state index contributed by atoms with van der Waals surface area (Å²) >= 11 is 1.35. The highest BCUT2D eigenvalue weighted by Crippen LogP contribution is 2.45. The molecular formula is C16H17N3O3S. The molecule has 1 aromatic heterocycles. The van der Waals surface area contributed by atoms with Crippen molar-refractivity contribution in [3.63, 3.8) is 0 Å². The second-order valence-electron chi connectivity index (χ2n) is 6.95. The number of carbonyl (C=O) groups is 2. The number of carboxylic acids is 1. The quantitative estimate of drug-likeness (QED) is 0.663. The Balaban J connectivity index is 1.58. The molecule has 4 heterocycles. The van der Waals surface area contributed by atoms with Gasteiger partial charge in [0.25, 0.3) is 5.91 Å². The van der Waals surface area contributed by atoms with Crippen molar-refractivity contribution in [1.29, 1.82) is 0 Å². The monoisotopic (exact) mass is 331 g/mol. The molecule has 1 atom stereocenters. The first-order chi connectivity index (χ1) is 10.9. The molecule has 1 fully saturated rings. The van der Waals surface area contributed by atoms with Crippen LogP contribution in [0.4, 0.5) is 0 Å². The van der Waals surface area contributed by atoms with E-state index in [1.807, 2.05) is 6.20 Å². The van der Waals surface area contributed by atoms with Gasteiger partial charge in [-0.1, -0.05) is 13.8 Å². The van der Waals surface area contributed by atoms with Crippen LogP contribution in [0.15, 0.2) is 22.9 Å². The van der Waals surface area contributed by atoms with Gasteiger partial charge in [-0.3, -0.25) is 9.69 Å². The van der Waals surface area contributed by atoms with Gasteiger partial charge in [-0.2, -0.15) is 0 Å². The average Bonchev–Trinajstić information content (AvgIpc) is 3.04. The van der Waals surface area contributed by atoms with Crippen LogP contribution >= 0.6 is 11.8 Å². The van der Waals surface area contributed by atoms with Crippen molar-refractivity contribution in [3.8, 4) is 0 Å². The van der Waals surface area contributed by atoms with Gasteiger partial charge in [0.15, 0.2) is 0 Å².